The van der Waals surface area contributed by atoms with Crippen molar-refractivity contribution in [3.63, 3.8) is 0 Å². The Balaban J connectivity index is 1.07. The predicted molar refractivity (Wildman–Crippen MR) is 493 cm³/mol. The third-order valence-electron chi connectivity index (χ3n) is 24.3. The maximum absolute atomic E-state index is 12.7. The van der Waals surface area contributed by atoms with E-state index in [2.05, 4.69) is 398 Å². The molecule has 566 valence electrons. The summed E-state index contributed by atoms with van der Waals surface area (Å²) in [6, 6.07) is 97.7. The SMILES string of the molecule is [2H]c1c([2H])c([2H])c(-c2ccc3c(c2)N(c2cc(-n4c5ccccc5c5ccccc54)cc(C(C)(C)C)c2C#N)c2cc(-c4cc(C(C)(C)C)cc(C(C)(C)C)c4)cc4c2B3c2ccc(-n3c5ccc(C(C)(C)C)cc5c5cc(C(C)(C)C)ccc53)cc2N4c2c(-c3ccccc3)cc(C(C)(C)C)cc2-c2cccc(-c3ccccc3)c2)c([2H])c1[2H]. The highest BCUT2D eigenvalue weighted by Crippen LogP contribution is 2.55. The molecule has 16 aromatic rings. The normalized spacial score (nSPS) is 13.9. The van der Waals surface area contributed by atoms with Gasteiger partial charge in [-0.3, -0.25) is 0 Å². The van der Waals surface area contributed by atoms with Gasteiger partial charge in [0, 0.05) is 66.8 Å². The first-order valence-corrected chi connectivity index (χ1v) is 40.7. The van der Waals surface area contributed by atoms with E-state index in [-0.39, 0.29) is 44.7 Å². The predicted octanol–water partition coefficient (Wildman–Crippen LogP) is 28.0. The Labute approximate surface area is 687 Å². The van der Waals surface area contributed by atoms with E-state index >= 15 is 0 Å². The minimum absolute atomic E-state index is 0.0823. The first-order chi connectivity index (χ1) is 56.8. The summed E-state index contributed by atoms with van der Waals surface area (Å²) in [5.74, 6) is 0. The molecule has 14 aromatic carbocycles. The summed E-state index contributed by atoms with van der Waals surface area (Å²) in [5.41, 5.74) is 28.4. The Morgan fingerprint density at radius 3 is 1.30 bits per heavy atom. The molecule has 115 heavy (non-hydrogen) atoms. The summed E-state index contributed by atoms with van der Waals surface area (Å²) in [7, 11) is 0. The molecule has 0 fully saturated rings. The van der Waals surface area contributed by atoms with Gasteiger partial charge >= 0.3 is 0 Å². The number of aromatic nitrogens is 2. The van der Waals surface area contributed by atoms with E-state index in [1.54, 1.807) is 0 Å². The summed E-state index contributed by atoms with van der Waals surface area (Å²) in [6.45, 7) is 40.5. The number of benzene rings is 14. The van der Waals surface area contributed by atoms with Gasteiger partial charge in [-0.25, -0.2) is 0 Å². The van der Waals surface area contributed by atoms with Crippen molar-refractivity contribution < 1.29 is 6.85 Å². The molecule has 0 N–H and O–H groups in total. The Kier molecular flexibility index (Phi) is 16.1. The van der Waals surface area contributed by atoms with Crippen molar-refractivity contribution in [3.05, 3.63) is 330 Å². The topological polar surface area (TPSA) is 40.1 Å². The van der Waals surface area contributed by atoms with Crippen molar-refractivity contribution in [2.45, 2.75) is 157 Å². The Morgan fingerprint density at radius 1 is 0.296 bits per heavy atom. The quantitative estimate of drug-likeness (QED) is 0.135. The van der Waals surface area contributed by atoms with Gasteiger partial charge in [0.25, 0.3) is 6.71 Å². The molecule has 0 spiro atoms. The van der Waals surface area contributed by atoms with E-state index in [0.717, 1.165) is 133 Å². The van der Waals surface area contributed by atoms with Crippen molar-refractivity contribution in [1.82, 2.24) is 9.13 Å². The van der Waals surface area contributed by atoms with Gasteiger partial charge in [-0.05, 0) is 224 Å². The fraction of sp³-hybridized carbons (Fsp3) is 0.220. The average Bonchev–Trinajstić information content (AvgIpc) is 0.819. The molecule has 4 heterocycles. The number of hydrogen-bond acceptors (Lipinski definition) is 3. The maximum Gasteiger partial charge on any atom is 0.252 e. The standard InChI is InChI=1S/C109H102BN5/c1-104(2,3)76-46-51-95-87(60-76)88-61-77(105(4,5)6)47-52-96(88)112(95)81-48-50-92-99(65-81)115(103-85(70-37-26-21-27-38-70)62-80(108(13,14)15)63-86(103)73-40-32-39-71(53-73)68-33-22-19-23-34-68)101-58-75(74-54-78(106(7,8)9)59-79(55-74)107(10,11)12)57-100-102(101)110(92)91-49-45-72(69-35-24-20-25-36-69)56-98(91)114(100)97-66-82(64-90(89(97)67-111)109(16,17)18)113-93-43-30-28-41-83(93)84-42-29-31-44-94(84)113/h19-66H,1-18H3/i20D,24D,25D,35D,36D. The minimum atomic E-state index is -0.613. The molecule has 2 aliphatic rings. The van der Waals surface area contributed by atoms with E-state index < -0.39 is 30.3 Å². The summed E-state index contributed by atoms with van der Waals surface area (Å²) in [4.78, 5) is 4.96. The van der Waals surface area contributed by atoms with E-state index in [4.69, 9.17) is 1.37 Å². The molecule has 0 bridgehead atoms. The van der Waals surface area contributed by atoms with Crippen LogP contribution >= 0.6 is 0 Å². The van der Waals surface area contributed by atoms with Crippen LogP contribution in [0.3, 0.4) is 0 Å². The van der Waals surface area contributed by atoms with Gasteiger partial charge in [-0.1, -0.05) is 319 Å². The molecule has 6 heteroatoms. The van der Waals surface area contributed by atoms with Crippen LogP contribution in [0.2, 0.25) is 0 Å². The summed E-state index contributed by atoms with van der Waals surface area (Å²) < 4.78 is 51.9. The largest absolute Gasteiger partial charge is 0.310 e. The van der Waals surface area contributed by atoms with Gasteiger partial charge in [0.2, 0.25) is 0 Å². The van der Waals surface area contributed by atoms with Gasteiger partial charge in [0.15, 0.2) is 0 Å². The van der Waals surface area contributed by atoms with Crippen LogP contribution in [-0.4, -0.2) is 15.8 Å². The first kappa shape index (κ1) is 68.4. The van der Waals surface area contributed by atoms with Crippen molar-refractivity contribution in [2.24, 2.45) is 0 Å². The zero-order valence-electron chi connectivity index (χ0n) is 74.6. The molecular formula is C109H102BN5. The van der Waals surface area contributed by atoms with Crippen LogP contribution in [-0.2, 0) is 32.5 Å². The Bertz CT molecular complexity index is 6810. The molecular weight excluding hydrogens is 1390 g/mol. The van der Waals surface area contributed by atoms with Crippen LogP contribution in [0.4, 0.5) is 34.1 Å². The minimum Gasteiger partial charge on any atom is -0.310 e. The van der Waals surface area contributed by atoms with Crippen LogP contribution in [0.15, 0.2) is 291 Å². The number of hydrogen-bond donors (Lipinski definition) is 0. The number of nitriles is 1. The molecule has 0 unspecified atom stereocenters. The fourth-order valence-corrected chi connectivity index (χ4v) is 17.9. The van der Waals surface area contributed by atoms with Crippen molar-refractivity contribution in [1.29, 1.82) is 5.26 Å². The molecule has 5 nitrogen and oxygen atoms in total. The molecule has 0 aliphatic carbocycles. The molecule has 0 saturated heterocycles. The molecule has 0 atom stereocenters. The Morgan fingerprint density at radius 2 is 0.739 bits per heavy atom. The number of fused-ring (bicyclic) bond motifs is 10. The molecule has 18 rings (SSSR count). The third kappa shape index (κ3) is 12.8. The van der Waals surface area contributed by atoms with Gasteiger partial charge in [-0.2, -0.15) is 5.26 Å². The molecule has 0 saturated carbocycles. The van der Waals surface area contributed by atoms with E-state index in [9.17, 15) is 10.7 Å². The fourth-order valence-electron chi connectivity index (χ4n) is 17.9. The first-order valence-electron chi connectivity index (χ1n) is 43.2. The summed E-state index contributed by atoms with van der Waals surface area (Å²) >= 11 is 0. The monoisotopic (exact) mass is 1500 g/mol. The average molecular weight is 1500 g/mol. The maximum atomic E-state index is 12.7. The van der Waals surface area contributed by atoms with E-state index in [1.165, 1.54) is 38.6 Å². The number of para-hydroxylation sites is 2. The highest BCUT2D eigenvalue weighted by molar-refractivity contribution is 7.00. The Hall–Kier alpha value is -12.2. The zero-order chi connectivity index (χ0) is 84.7. The van der Waals surface area contributed by atoms with Crippen molar-refractivity contribution in [3.8, 4) is 73.1 Å². The molecule has 0 radical (unpaired) electrons. The van der Waals surface area contributed by atoms with Gasteiger partial charge in [0.05, 0.1) is 45.9 Å². The van der Waals surface area contributed by atoms with Crippen LogP contribution in [0.1, 0.15) is 170 Å². The second kappa shape index (κ2) is 27.0. The van der Waals surface area contributed by atoms with Gasteiger partial charge < -0.3 is 18.9 Å². The van der Waals surface area contributed by atoms with Crippen LogP contribution in [0, 0.1) is 11.3 Å². The number of anilines is 6. The van der Waals surface area contributed by atoms with E-state index in [1.807, 2.05) is 12.1 Å². The smallest absolute Gasteiger partial charge is 0.252 e. The lowest BCUT2D eigenvalue weighted by molar-refractivity contribution is 0.569. The third-order valence-corrected chi connectivity index (χ3v) is 24.3. The lowest BCUT2D eigenvalue weighted by atomic mass is 9.33. The van der Waals surface area contributed by atoms with Crippen LogP contribution in [0.25, 0.3) is 111 Å². The second-order valence-corrected chi connectivity index (χ2v) is 38.2. The molecule has 2 aromatic heterocycles. The van der Waals surface area contributed by atoms with Crippen LogP contribution < -0.4 is 26.2 Å². The summed E-state index contributed by atoms with van der Waals surface area (Å²) in [6.07, 6.45) is 0. The molecule has 0 amide bonds. The zero-order valence-corrected chi connectivity index (χ0v) is 69.6. The highest BCUT2D eigenvalue weighted by Gasteiger charge is 2.46. The van der Waals surface area contributed by atoms with E-state index in [0.29, 0.717) is 22.5 Å². The van der Waals surface area contributed by atoms with Crippen molar-refractivity contribution in [2.75, 3.05) is 9.80 Å². The van der Waals surface area contributed by atoms with Gasteiger partial charge in [-0.15, -0.1) is 0 Å². The van der Waals surface area contributed by atoms with Gasteiger partial charge in [0.1, 0.15) is 6.07 Å². The number of rotatable bonds is 9. The second-order valence-electron chi connectivity index (χ2n) is 38.2. The lowest BCUT2D eigenvalue weighted by Crippen LogP contribution is -2.61. The highest BCUT2D eigenvalue weighted by atomic mass is 15.2. The summed E-state index contributed by atoms with van der Waals surface area (Å²) in [5, 5.41) is 17.2. The van der Waals surface area contributed by atoms with Crippen LogP contribution in [0.5, 0.6) is 0 Å². The molecule has 2 aliphatic heterocycles. The number of nitrogens with zero attached hydrogens (tertiary/aromatic N) is 5. The lowest BCUT2D eigenvalue weighted by Gasteiger charge is -2.46. The van der Waals surface area contributed by atoms with Crippen molar-refractivity contribution >= 4 is 101 Å².